The molecule has 0 bridgehead atoms. The van der Waals surface area contributed by atoms with E-state index in [-0.39, 0.29) is 30.3 Å². The lowest BCUT2D eigenvalue weighted by Crippen LogP contribution is -2.20. The summed E-state index contributed by atoms with van der Waals surface area (Å²) in [6.07, 6.45) is -22.1. The molecule has 0 N–H and O–H groups in total. The molecular formula is C37H7F12N7O. The van der Waals surface area contributed by atoms with Gasteiger partial charge in [0.1, 0.15) is 59.4 Å². The van der Waals surface area contributed by atoms with Crippen LogP contribution in [0.5, 0.6) is 5.75 Å². The molecule has 0 saturated carbocycles. The van der Waals surface area contributed by atoms with Crippen LogP contribution in [0, 0.1) is 79.3 Å². The number of rotatable bonds is 3. The zero-order valence-electron chi connectivity index (χ0n) is 27.1. The molecule has 0 unspecified atom stereocenters. The van der Waals surface area contributed by atoms with Crippen molar-refractivity contribution in [1.82, 2.24) is 0 Å². The molecule has 280 valence electrons. The van der Waals surface area contributed by atoms with Gasteiger partial charge in [0.15, 0.2) is 0 Å². The van der Waals surface area contributed by atoms with E-state index in [1.165, 1.54) is 30.3 Å². The van der Waals surface area contributed by atoms with Crippen LogP contribution in [0.25, 0.3) is 33.4 Å². The van der Waals surface area contributed by atoms with E-state index in [1.54, 1.807) is 12.1 Å². The van der Waals surface area contributed by atoms with Crippen molar-refractivity contribution in [2.24, 2.45) is 0 Å². The molecule has 0 saturated heterocycles. The first kappa shape index (κ1) is 40.2. The second-order valence-electron chi connectivity index (χ2n) is 11.4. The third kappa shape index (κ3) is 6.83. The van der Waals surface area contributed by atoms with Crippen molar-refractivity contribution in [2.45, 2.75) is 24.9 Å². The Hall–Kier alpha value is -7.99. The summed E-state index contributed by atoms with van der Waals surface area (Å²) in [7, 11) is 0. The Kier molecular flexibility index (Phi) is 9.66. The maximum absolute atomic E-state index is 13.9. The molecule has 57 heavy (non-hydrogen) atoms. The van der Waals surface area contributed by atoms with Crippen molar-refractivity contribution in [2.75, 3.05) is 0 Å². The average molecular weight is 793 g/mol. The first-order chi connectivity index (χ1) is 26.5. The quantitative estimate of drug-likeness (QED) is 0.186. The maximum atomic E-state index is 13.9. The van der Waals surface area contributed by atoms with Gasteiger partial charge in [-0.3, -0.25) is 0 Å². The number of fused-ring (bicyclic) bond motifs is 2. The Balaban J connectivity index is 2.02. The molecule has 0 aromatic heterocycles. The maximum Gasteiger partial charge on any atom is 0.573 e. The summed E-state index contributed by atoms with van der Waals surface area (Å²) >= 11 is 0. The SMILES string of the molecule is N#CC(C#N)=C1C(c2cc(C(F)(F)F)cc(C(F)(F)F)c2)=C(C#N)c2c1cc1c(c2C#N)C(C#N)=C(c2ccc(C(F)(F)F)c(OC(F)(F)F)c2)C1=C(C#N)C#N. The van der Waals surface area contributed by atoms with Gasteiger partial charge in [-0.1, -0.05) is 6.07 Å². The monoisotopic (exact) mass is 793 g/mol. The van der Waals surface area contributed by atoms with Gasteiger partial charge in [-0.2, -0.15) is 76.3 Å². The summed E-state index contributed by atoms with van der Waals surface area (Å²) < 4.78 is 168. The zero-order valence-corrected chi connectivity index (χ0v) is 27.1. The number of nitrogens with zero attached hydrogens (tertiary/aromatic N) is 7. The fourth-order valence-electron chi connectivity index (χ4n) is 6.29. The van der Waals surface area contributed by atoms with Crippen LogP contribution in [0.2, 0.25) is 0 Å². The molecule has 2 aliphatic carbocycles. The normalized spacial score (nSPS) is 13.6. The van der Waals surface area contributed by atoms with Crippen molar-refractivity contribution in [3.63, 3.8) is 0 Å². The van der Waals surface area contributed by atoms with Crippen LogP contribution in [0.1, 0.15) is 55.6 Å². The summed E-state index contributed by atoms with van der Waals surface area (Å²) in [6, 6.07) is 12.1. The van der Waals surface area contributed by atoms with E-state index >= 15 is 0 Å². The van der Waals surface area contributed by atoms with E-state index in [9.17, 15) is 89.5 Å². The van der Waals surface area contributed by atoms with E-state index in [2.05, 4.69) is 4.74 Å². The Labute approximate surface area is 310 Å². The highest BCUT2D eigenvalue weighted by Crippen LogP contribution is 2.57. The molecule has 0 atom stereocenters. The van der Waals surface area contributed by atoms with Crippen molar-refractivity contribution in [1.29, 1.82) is 36.8 Å². The topological polar surface area (TPSA) is 176 Å². The molecule has 0 spiro atoms. The molecule has 0 fully saturated rings. The Bertz CT molecular complexity index is 2720. The van der Waals surface area contributed by atoms with Crippen LogP contribution in [0.15, 0.2) is 53.6 Å². The number of ether oxygens (including phenoxy) is 1. The second-order valence-corrected chi connectivity index (χ2v) is 11.4. The minimum atomic E-state index is -5.72. The number of benzene rings is 3. The highest BCUT2D eigenvalue weighted by Gasteiger charge is 2.44. The van der Waals surface area contributed by atoms with Gasteiger partial charge in [0.25, 0.3) is 0 Å². The van der Waals surface area contributed by atoms with E-state index in [0.717, 1.165) is 6.07 Å². The minimum absolute atomic E-state index is 0.114. The van der Waals surface area contributed by atoms with Crippen LogP contribution < -0.4 is 4.74 Å². The first-order valence-electron chi connectivity index (χ1n) is 14.8. The summed E-state index contributed by atoms with van der Waals surface area (Å²) in [5.74, 6) is -1.86. The van der Waals surface area contributed by atoms with Crippen molar-refractivity contribution >= 4 is 33.4 Å². The molecule has 8 nitrogen and oxygen atoms in total. The molecular weight excluding hydrogens is 786 g/mol. The van der Waals surface area contributed by atoms with Gasteiger partial charge in [-0.25, -0.2) is 0 Å². The van der Waals surface area contributed by atoms with E-state index in [1.807, 2.05) is 0 Å². The summed E-state index contributed by atoms with van der Waals surface area (Å²) in [6.45, 7) is 0. The molecule has 0 heterocycles. The van der Waals surface area contributed by atoms with Crippen LogP contribution >= 0.6 is 0 Å². The minimum Gasteiger partial charge on any atom is -0.405 e. The molecule has 3 aromatic carbocycles. The van der Waals surface area contributed by atoms with E-state index in [4.69, 9.17) is 0 Å². The van der Waals surface area contributed by atoms with E-state index < -0.39 is 131 Å². The van der Waals surface area contributed by atoms with E-state index in [0.29, 0.717) is 6.07 Å². The number of hydrogen-bond donors (Lipinski definition) is 0. The Morgan fingerprint density at radius 1 is 0.491 bits per heavy atom. The summed E-state index contributed by atoms with van der Waals surface area (Å²) in [4.78, 5) is 0. The number of nitriles is 7. The molecule has 2 aliphatic rings. The smallest absolute Gasteiger partial charge is 0.405 e. The number of alkyl halides is 12. The fraction of sp³-hybridized carbons (Fsp3) is 0.108. The van der Waals surface area contributed by atoms with Crippen LogP contribution in [-0.2, 0) is 18.5 Å². The molecule has 0 amide bonds. The van der Waals surface area contributed by atoms with Gasteiger partial charge < -0.3 is 4.74 Å². The van der Waals surface area contributed by atoms with Gasteiger partial charge in [-0.15, -0.1) is 13.2 Å². The standard InChI is InChI=1S/C37H7F12N7O/c38-34(39,40)19-3-16(4-20(6-19)35(41,42)43)29-24(13-55)33-22(31(29)18(10-52)11-53)7-21-30(17(8-50)9-51)28(23(12-54)32(21)25(33)14-56)15-1-2-26(36(44,45)46)27(5-15)57-37(47,48)49/h1-7H. The van der Waals surface area contributed by atoms with Gasteiger partial charge in [-0.05, 0) is 58.7 Å². The lowest BCUT2D eigenvalue weighted by atomic mass is 9.86. The van der Waals surface area contributed by atoms with Gasteiger partial charge in [0.2, 0.25) is 0 Å². The first-order valence-corrected chi connectivity index (χ1v) is 14.8. The predicted molar refractivity (Wildman–Crippen MR) is 167 cm³/mol. The number of allylic oxidation sites excluding steroid dienone is 8. The van der Waals surface area contributed by atoms with Crippen molar-refractivity contribution in [3.8, 4) is 48.2 Å². The van der Waals surface area contributed by atoms with Crippen LogP contribution in [-0.4, -0.2) is 6.36 Å². The van der Waals surface area contributed by atoms with Gasteiger partial charge >= 0.3 is 24.9 Å². The second kappa shape index (κ2) is 13.7. The lowest BCUT2D eigenvalue weighted by molar-refractivity contribution is -0.276. The Morgan fingerprint density at radius 3 is 1.28 bits per heavy atom. The highest BCUT2D eigenvalue weighted by atomic mass is 19.4. The summed E-state index contributed by atoms with van der Waals surface area (Å²) in [5.41, 5.74) is -17.8. The van der Waals surface area contributed by atoms with Crippen molar-refractivity contribution in [3.05, 3.63) is 109 Å². The number of halogens is 12. The third-order valence-electron chi connectivity index (χ3n) is 8.33. The molecule has 20 heteroatoms. The summed E-state index contributed by atoms with van der Waals surface area (Å²) in [5, 5.41) is 71.0. The lowest BCUT2D eigenvalue weighted by Gasteiger charge is -2.17. The van der Waals surface area contributed by atoms with Crippen LogP contribution in [0.3, 0.4) is 0 Å². The highest BCUT2D eigenvalue weighted by molar-refractivity contribution is 6.31. The van der Waals surface area contributed by atoms with Crippen molar-refractivity contribution < 1.29 is 57.4 Å². The zero-order chi connectivity index (χ0) is 42.6. The van der Waals surface area contributed by atoms with Gasteiger partial charge in [0, 0.05) is 33.4 Å². The largest absolute Gasteiger partial charge is 0.573 e. The molecule has 3 aromatic rings. The number of hydrogen-bond acceptors (Lipinski definition) is 8. The average Bonchev–Trinajstić information content (AvgIpc) is 3.62. The van der Waals surface area contributed by atoms with Crippen LogP contribution in [0.4, 0.5) is 52.7 Å². The molecule has 5 rings (SSSR count). The third-order valence-corrected chi connectivity index (χ3v) is 8.33. The fourth-order valence-corrected chi connectivity index (χ4v) is 6.29. The molecule has 0 radical (unpaired) electrons. The van der Waals surface area contributed by atoms with Gasteiger partial charge in [0.05, 0.1) is 33.4 Å². The predicted octanol–water partition coefficient (Wildman–Crippen LogP) is 10.0. The Morgan fingerprint density at radius 2 is 0.930 bits per heavy atom. The molecule has 0 aliphatic heterocycles.